The van der Waals surface area contributed by atoms with Crippen LogP contribution in [-0.2, 0) is 4.79 Å². The Bertz CT molecular complexity index is 534. The summed E-state index contributed by atoms with van der Waals surface area (Å²) in [6.45, 7) is 3.43. The lowest BCUT2D eigenvalue weighted by Crippen LogP contribution is -2.09. The average molecular weight is 231 g/mol. The van der Waals surface area contributed by atoms with Crippen LogP contribution in [0.2, 0.25) is 0 Å². The number of aromatic amines is 1. The van der Waals surface area contributed by atoms with Crippen LogP contribution in [0.1, 0.15) is 24.1 Å². The molecule has 0 aliphatic carbocycles. The molecule has 1 unspecified atom stereocenters. The van der Waals surface area contributed by atoms with Crippen LogP contribution in [0.5, 0.6) is 0 Å². The number of carbonyl (C=O) groups is 1. The van der Waals surface area contributed by atoms with Crippen LogP contribution in [-0.4, -0.2) is 26.3 Å². The first-order valence-corrected chi connectivity index (χ1v) is 5.30. The number of nitrogens with zero attached hydrogens (tertiary/aromatic N) is 2. The molecule has 0 saturated carbocycles. The summed E-state index contributed by atoms with van der Waals surface area (Å²) in [5.74, 6) is -1.47. The molecule has 2 heterocycles. The standard InChI is InChI=1S/C12H13N3O2/c1-7(12(16)17)10-8(2)14-15-11(10)9-5-3-4-6-13-9/h3-7H,1-2H3,(H,14,15)(H,16,17). The number of hydrogen-bond acceptors (Lipinski definition) is 3. The number of aryl methyl sites for hydroxylation is 1. The zero-order chi connectivity index (χ0) is 12.4. The SMILES string of the molecule is Cc1n[nH]c(-c2ccccn2)c1C(C)C(=O)O. The first-order chi connectivity index (χ1) is 8.11. The second-order valence-corrected chi connectivity index (χ2v) is 3.87. The summed E-state index contributed by atoms with van der Waals surface area (Å²) in [5, 5.41) is 16.0. The molecule has 5 nitrogen and oxygen atoms in total. The van der Waals surface area contributed by atoms with Crippen molar-refractivity contribution in [3.63, 3.8) is 0 Å². The Morgan fingerprint density at radius 2 is 2.24 bits per heavy atom. The molecule has 0 aromatic carbocycles. The van der Waals surface area contributed by atoms with Gasteiger partial charge in [0.1, 0.15) is 0 Å². The minimum Gasteiger partial charge on any atom is -0.481 e. The van der Waals surface area contributed by atoms with E-state index >= 15 is 0 Å². The van der Waals surface area contributed by atoms with Gasteiger partial charge in [-0.2, -0.15) is 5.10 Å². The van der Waals surface area contributed by atoms with Gasteiger partial charge in [0.25, 0.3) is 0 Å². The Hall–Kier alpha value is -2.17. The van der Waals surface area contributed by atoms with E-state index in [9.17, 15) is 4.79 Å². The van der Waals surface area contributed by atoms with Crippen LogP contribution < -0.4 is 0 Å². The average Bonchev–Trinajstić information content (AvgIpc) is 2.71. The molecule has 0 aliphatic heterocycles. The smallest absolute Gasteiger partial charge is 0.310 e. The van der Waals surface area contributed by atoms with Gasteiger partial charge in [-0.15, -0.1) is 0 Å². The molecule has 17 heavy (non-hydrogen) atoms. The van der Waals surface area contributed by atoms with Gasteiger partial charge in [-0.1, -0.05) is 6.07 Å². The first-order valence-electron chi connectivity index (χ1n) is 5.30. The number of H-pyrrole nitrogens is 1. The van der Waals surface area contributed by atoms with Crippen LogP contribution in [0.4, 0.5) is 0 Å². The summed E-state index contributed by atoms with van der Waals surface area (Å²) in [5.41, 5.74) is 2.77. The third-order valence-corrected chi connectivity index (χ3v) is 2.72. The highest BCUT2D eigenvalue weighted by atomic mass is 16.4. The molecule has 5 heteroatoms. The fraction of sp³-hybridized carbons (Fsp3) is 0.250. The Labute approximate surface area is 98.5 Å². The van der Waals surface area contributed by atoms with Crippen molar-refractivity contribution in [1.29, 1.82) is 0 Å². The van der Waals surface area contributed by atoms with Crippen molar-refractivity contribution in [2.24, 2.45) is 0 Å². The molecule has 0 spiro atoms. The van der Waals surface area contributed by atoms with Gasteiger partial charge in [0, 0.05) is 11.8 Å². The van der Waals surface area contributed by atoms with E-state index in [0.717, 1.165) is 0 Å². The molecule has 2 rings (SSSR count). The molecule has 0 saturated heterocycles. The molecule has 0 fully saturated rings. The quantitative estimate of drug-likeness (QED) is 0.846. The van der Waals surface area contributed by atoms with E-state index in [1.54, 1.807) is 20.0 Å². The number of carboxylic acids is 1. The molecule has 0 amide bonds. The number of rotatable bonds is 3. The lowest BCUT2D eigenvalue weighted by molar-refractivity contribution is -0.138. The van der Waals surface area contributed by atoms with E-state index in [1.165, 1.54) is 0 Å². The van der Waals surface area contributed by atoms with Gasteiger partial charge in [0.15, 0.2) is 0 Å². The molecule has 2 aromatic rings. The van der Waals surface area contributed by atoms with Crippen molar-refractivity contribution in [1.82, 2.24) is 15.2 Å². The lowest BCUT2D eigenvalue weighted by atomic mass is 9.97. The maximum atomic E-state index is 11.1. The molecule has 0 aliphatic rings. The molecular weight excluding hydrogens is 218 g/mol. The van der Waals surface area contributed by atoms with Gasteiger partial charge in [-0.3, -0.25) is 14.9 Å². The van der Waals surface area contributed by atoms with E-state index in [2.05, 4.69) is 15.2 Å². The number of pyridine rings is 1. The largest absolute Gasteiger partial charge is 0.481 e. The van der Waals surface area contributed by atoms with Crippen molar-refractivity contribution in [2.45, 2.75) is 19.8 Å². The Balaban J connectivity index is 2.54. The highest BCUT2D eigenvalue weighted by Gasteiger charge is 2.23. The summed E-state index contributed by atoms with van der Waals surface area (Å²) in [4.78, 5) is 15.3. The molecule has 2 N–H and O–H groups in total. The van der Waals surface area contributed by atoms with E-state index in [1.807, 2.05) is 18.2 Å². The van der Waals surface area contributed by atoms with Gasteiger partial charge in [0.2, 0.25) is 0 Å². The number of carboxylic acid groups (broad SMARTS) is 1. The summed E-state index contributed by atoms with van der Waals surface area (Å²) in [6, 6.07) is 5.49. The number of hydrogen-bond donors (Lipinski definition) is 2. The molecule has 2 aromatic heterocycles. The van der Waals surface area contributed by atoms with E-state index < -0.39 is 11.9 Å². The summed E-state index contributed by atoms with van der Waals surface area (Å²) in [6.07, 6.45) is 1.67. The van der Waals surface area contributed by atoms with Gasteiger partial charge in [-0.05, 0) is 26.0 Å². The Kier molecular flexibility index (Phi) is 2.91. The molecular formula is C12H13N3O2. The van der Waals surface area contributed by atoms with Crippen molar-refractivity contribution < 1.29 is 9.90 Å². The number of aromatic nitrogens is 3. The van der Waals surface area contributed by atoms with Crippen LogP contribution >= 0.6 is 0 Å². The van der Waals surface area contributed by atoms with Crippen LogP contribution in [0, 0.1) is 6.92 Å². The third-order valence-electron chi connectivity index (χ3n) is 2.72. The summed E-state index contributed by atoms with van der Waals surface area (Å²) >= 11 is 0. The van der Waals surface area contributed by atoms with Crippen molar-refractivity contribution in [3.05, 3.63) is 35.7 Å². The highest BCUT2D eigenvalue weighted by molar-refractivity contribution is 5.79. The zero-order valence-electron chi connectivity index (χ0n) is 9.64. The fourth-order valence-corrected chi connectivity index (χ4v) is 1.80. The predicted octanol–water partition coefficient (Wildman–Crippen LogP) is 1.97. The minimum atomic E-state index is -0.869. The van der Waals surface area contributed by atoms with E-state index in [0.29, 0.717) is 22.6 Å². The second kappa shape index (κ2) is 4.37. The molecule has 1 atom stereocenters. The van der Waals surface area contributed by atoms with Gasteiger partial charge in [-0.25, -0.2) is 0 Å². The van der Waals surface area contributed by atoms with Crippen LogP contribution in [0.15, 0.2) is 24.4 Å². The first kappa shape index (κ1) is 11.3. The summed E-state index contributed by atoms with van der Waals surface area (Å²) < 4.78 is 0. The maximum absolute atomic E-state index is 11.1. The number of aliphatic carboxylic acids is 1. The normalized spacial score (nSPS) is 12.4. The highest BCUT2D eigenvalue weighted by Crippen LogP contribution is 2.28. The van der Waals surface area contributed by atoms with Crippen molar-refractivity contribution in [2.75, 3.05) is 0 Å². The second-order valence-electron chi connectivity index (χ2n) is 3.87. The minimum absolute atomic E-state index is 0.606. The molecule has 0 bridgehead atoms. The fourth-order valence-electron chi connectivity index (χ4n) is 1.80. The molecule has 88 valence electrons. The zero-order valence-corrected chi connectivity index (χ0v) is 9.64. The molecule has 0 radical (unpaired) electrons. The topological polar surface area (TPSA) is 78.9 Å². The third kappa shape index (κ3) is 2.04. The Morgan fingerprint density at radius 1 is 1.47 bits per heavy atom. The monoisotopic (exact) mass is 231 g/mol. The van der Waals surface area contributed by atoms with Gasteiger partial charge in [0.05, 0.1) is 23.0 Å². The van der Waals surface area contributed by atoms with Gasteiger partial charge >= 0.3 is 5.97 Å². The Morgan fingerprint density at radius 3 is 2.82 bits per heavy atom. The van der Waals surface area contributed by atoms with Crippen molar-refractivity contribution >= 4 is 5.97 Å². The van der Waals surface area contributed by atoms with E-state index in [-0.39, 0.29) is 0 Å². The van der Waals surface area contributed by atoms with Crippen molar-refractivity contribution in [3.8, 4) is 11.4 Å². The lowest BCUT2D eigenvalue weighted by Gasteiger charge is -2.07. The predicted molar refractivity (Wildman–Crippen MR) is 62.6 cm³/mol. The van der Waals surface area contributed by atoms with Crippen LogP contribution in [0.25, 0.3) is 11.4 Å². The summed E-state index contributed by atoms with van der Waals surface area (Å²) in [7, 11) is 0. The van der Waals surface area contributed by atoms with Crippen LogP contribution in [0.3, 0.4) is 0 Å². The van der Waals surface area contributed by atoms with E-state index in [4.69, 9.17) is 5.11 Å². The number of nitrogens with one attached hydrogen (secondary N) is 1. The maximum Gasteiger partial charge on any atom is 0.310 e. The van der Waals surface area contributed by atoms with Gasteiger partial charge < -0.3 is 5.11 Å².